The summed E-state index contributed by atoms with van der Waals surface area (Å²) >= 11 is 0. The number of carbonyl (C=O) groups excluding carboxylic acids is 1. The number of halogens is 3. The first-order valence-electron chi connectivity index (χ1n) is 9.65. The number of hydrogen-bond acceptors (Lipinski definition) is 6. The number of methoxy groups -OCH3 is 3. The van der Waals surface area contributed by atoms with Crippen molar-refractivity contribution in [1.82, 2.24) is 0 Å². The van der Waals surface area contributed by atoms with E-state index in [9.17, 15) is 26.4 Å². The number of esters is 1. The minimum atomic E-state index is -4.71. The SMILES string of the molecule is COC(=O)c1ccc(OC)c(S(=O)(=O)Nc2cc(C(F)(F)F)ccc2-c2cccc(OC)c2)c1. The molecule has 11 heteroatoms. The van der Waals surface area contributed by atoms with Crippen LogP contribution < -0.4 is 14.2 Å². The van der Waals surface area contributed by atoms with Gasteiger partial charge in [0.25, 0.3) is 10.0 Å². The monoisotopic (exact) mass is 495 g/mol. The molecular formula is C23H20F3NO6S. The van der Waals surface area contributed by atoms with Gasteiger partial charge >= 0.3 is 12.1 Å². The second-order valence-electron chi connectivity index (χ2n) is 6.95. The van der Waals surface area contributed by atoms with Crippen LogP contribution in [0.1, 0.15) is 15.9 Å². The van der Waals surface area contributed by atoms with E-state index in [0.717, 1.165) is 25.3 Å². The first kappa shape index (κ1) is 24.9. The van der Waals surface area contributed by atoms with Crippen LogP contribution in [-0.2, 0) is 20.9 Å². The highest BCUT2D eigenvalue weighted by Crippen LogP contribution is 2.38. The number of carbonyl (C=O) groups is 1. The zero-order valence-electron chi connectivity index (χ0n) is 18.3. The molecule has 0 saturated heterocycles. The second-order valence-corrected chi connectivity index (χ2v) is 8.60. The molecule has 34 heavy (non-hydrogen) atoms. The Morgan fingerprint density at radius 2 is 1.65 bits per heavy atom. The van der Waals surface area contributed by atoms with E-state index in [0.29, 0.717) is 17.4 Å². The van der Waals surface area contributed by atoms with Crippen LogP contribution >= 0.6 is 0 Å². The lowest BCUT2D eigenvalue weighted by Gasteiger charge is -2.17. The molecule has 3 aromatic rings. The van der Waals surface area contributed by atoms with Gasteiger partial charge in [-0.3, -0.25) is 4.72 Å². The molecule has 180 valence electrons. The fourth-order valence-electron chi connectivity index (χ4n) is 3.18. The van der Waals surface area contributed by atoms with E-state index in [1.807, 2.05) is 0 Å². The Morgan fingerprint density at radius 1 is 0.912 bits per heavy atom. The lowest BCUT2D eigenvalue weighted by molar-refractivity contribution is -0.137. The molecule has 3 rings (SSSR count). The van der Waals surface area contributed by atoms with Crippen LogP contribution in [-0.4, -0.2) is 35.7 Å². The fraction of sp³-hybridized carbons (Fsp3) is 0.174. The third-order valence-corrected chi connectivity index (χ3v) is 6.23. The van der Waals surface area contributed by atoms with E-state index in [4.69, 9.17) is 9.47 Å². The molecule has 0 aliphatic heterocycles. The van der Waals surface area contributed by atoms with E-state index in [1.54, 1.807) is 24.3 Å². The molecule has 0 unspecified atom stereocenters. The summed E-state index contributed by atoms with van der Waals surface area (Å²) in [7, 11) is -0.736. The van der Waals surface area contributed by atoms with Crippen molar-refractivity contribution in [3.63, 3.8) is 0 Å². The molecule has 0 aromatic heterocycles. The zero-order chi connectivity index (χ0) is 25.1. The van der Waals surface area contributed by atoms with Crippen molar-refractivity contribution in [3.05, 3.63) is 71.8 Å². The number of anilines is 1. The van der Waals surface area contributed by atoms with Gasteiger partial charge in [-0.25, -0.2) is 13.2 Å². The third kappa shape index (κ3) is 5.25. The summed E-state index contributed by atoms with van der Waals surface area (Å²) in [6, 6.07) is 12.7. The van der Waals surface area contributed by atoms with Gasteiger partial charge in [-0.15, -0.1) is 0 Å². The minimum absolute atomic E-state index is 0.0827. The van der Waals surface area contributed by atoms with Crippen LogP contribution in [0.15, 0.2) is 65.6 Å². The molecule has 0 spiro atoms. The molecule has 0 amide bonds. The summed E-state index contributed by atoms with van der Waals surface area (Å²) in [4.78, 5) is 11.4. The number of sulfonamides is 1. The average Bonchev–Trinajstić information content (AvgIpc) is 2.82. The minimum Gasteiger partial charge on any atom is -0.497 e. The highest BCUT2D eigenvalue weighted by molar-refractivity contribution is 7.92. The van der Waals surface area contributed by atoms with Crippen molar-refractivity contribution >= 4 is 21.7 Å². The highest BCUT2D eigenvalue weighted by Gasteiger charge is 2.32. The van der Waals surface area contributed by atoms with Crippen LogP contribution in [0.2, 0.25) is 0 Å². The van der Waals surface area contributed by atoms with Crippen molar-refractivity contribution in [2.45, 2.75) is 11.1 Å². The Balaban J connectivity index is 2.18. The van der Waals surface area contributed by atoms with E-state index in [-0.39, 0.29) is 22.6 Å². The molecule has 3 aromatic carbocycles. The van der Waals surface area contributed by atoms with Gasteiger partial charge in [-0.05, 0) is 48.0 Å². The standard InChI is InChI=1S/C23H20F3NO6S/c1-31-17-6-4-5-14(11-17)18-9-8-16(23(24,25)26)13-19(18)27-34(29,30)21-12-15(22(28)33-3)7-10-20(21)32-2/h4-13,27H,1-3H3. The number of benzene rings is 3. The van der Waals surface area contributed by atoms with Crippen LogP contribution in [0.4, 0.5) is 18.9 Å². The van der Waals surface area contributed by atoms with Crippen molar-refractivity contribution < 1.29 is 40.6 Å². The molecule has 0 heterocycles. The van der Waals surface area contributed by atoms with E-state index in [1.165, 1.54) is 26.4 Å². The van der Waals surface area contributed by atoms with Crippen molar-refractivity contribution in [1.29, 1.82) is 0 Å². The third-order valence-electron chi connectivity index (χ3n) is 4.85. The average molecular weight is 495 g/mol. The lowest BCUT2D eigenvalue weighted by atomic mass is 10.0. The Hall–Kier alpha value is -3.73. The molecule has 0 bridgehead atoms. The van der Waals surface area contributed by atoms with Gasteiger partial charge in [0.1, 0.15) is 16.4 Å². The van der Waals surface area contributed by atoms with Crippen molar-refractivity contribution in [2.24, 2.45) is 0 Å². The normalized spacial score (nSPS) is 11.6. The molecule has 0 atom stereocenters. The zero-order valence-corrected chi connectivity index (χ0v) is 19.1. The summed E-state index contributed by atoms with van der Waals surface area (Å²) < 4.78 is 83.8. The van der Waals surface area contributed by atoms with Gasteiger partial charge in [-0.2, -0.15) is 13.2 Å². The Kier molecular flexibility index (Phi) is 7.06. The Morgan fingerprint density at radius 3 is 2.26 bits per heavy atom. The maximum atomic E-state index is 13.4. The predicted octanol–water partition coefficient (Wildman–Crippen LogP) is 4.98. The van der Waals surface area contributed by atoms with Crippen molar-refractivity contribution in [2.75, 3.05) is 26.1 Å². The first-order chi connectivity index (χ1) is 16.0. The van der Waals surface area contributed by atoms with Crippen LogP contribution in [0.5, 0.6) is 11.5 Å². The molecule has 0 aliphatic rings. The van der Waals surface area contributed by atoms with Crippen LogP contribution in [0.3, 0.4) is 0 Å². The van der Waals surface area contributed by atoms with Crippen molar-refractivity contribution in [3.8, 4) is 22.6 Å². The summed E-state index contributed by atoms with van der Waals surface area (Å²) in [6.45, 7) is 0. The molecule has 0 radical (unpaired) electrons. The van der Waals surface area contributed by atoms with Gasteiger partial charge in [0, 0.05) is 5.56 Å². The Bertz CT molecular complexity index is 1320. The molecule has 0 saturated carbocycles. The summed E-state index contributed by atoms with van der Waals surface area (Å²) in [5, 5.41) is 0. The van der Waals surface area contributed by atoms with E-state index < -0.39 is 32.6 Å². The number of alkyl halides is 3. The highest BCUT2D eigenvalue weighted by atomic mass is 32.2. The maximum Gasteiger partial charge on any atom is 0.416 e. The van der Waals surface area contributed by atoms with Gasteiger partial charge in [-0.1, -0.05) is 18.2 Å². The molecule has 7 nitrogen and oxygen atoms in total. The molecular weight excluding hydrogens is 475 g/mol. The predicted molar refractivity (Wildman–Crippen MR) is 119 cm³/mol. The number of hydrogen-bond donors (Lipinski definition) is 1. The van der Waals surface area contributed by atoms with Gasteiger partial charge in [0.15, 0.2) is 0 Å². The van der Waals surface area contributed by atoms with E-state index in [2.05, 4.69) is 9.46 Å². The molecule has 0 fully saturated rings. The van der Waals surface area contributed by atoms with Crippen LogP contribution in [0.25, 0.3) is 11.1 Å². The first-order valence-corrected chi connectivity index (χ1v) is 11.1. The lowest BCUT2D eigenvalue weighted by Crippen LogP contribution is -2.17. The maximum absolute atomic E-state index is 13.4. The van der Waals surface area contributed by atoms with Gasteiger partial charge in [0.2, 0.25) is 0 Å². The quantitative estimate of drug-likeness (QED) is 0.465. The van der Waals surface area contributed by atoms with Gasteiger partial charge in [0.05, 0.1) is 38.1 Å². The Labute approximate surface area is 194 Å². The fourth-order valence-corrected chi connectivity index (χ4v) is 4.45. The van der Waals surface area contributed by atoms with Crippen LogP contribution in [0, 0.1) is 0 Å². The number of nitrogens with one attached hydrogen (secondary N) is 1. The summed E-state index contributed by atoms with van der Waals surface area (Å²) in [6.07, 6.45) is -4.71. The second kappa shape index (κ2) is 9.64. The van der Waals surface area contributed by atoms with E-state index >= 15 is 0 Å². The summed E-state index contributed by atoms with van der Waals surface area (Å²) in [5.41, 5.74) is -0.860. The topological polar surface area (TPSA) is 90.9 Å². The number of ether oxygens (including phenoxy) is 3. The molecule has 1 N–H and O–H groups in total. The summed E-state index contributed by atoms with van der Waals surface area (Å²) in [5.74, 6) is -0.482. The molecule has 0 aliphatic carbocycles. The smallest absolute Gasteiger partial charge is 0.416 e. The number of rotatable bonds is 7. The van der Waals surface area contributed by atoms with Gasteiger partial charge < -0.3 is 14.2 Å². The largest absolute Gasteiger partial charge is 0.497 e.